The third kappa shape index (κ3) is 2.61. The van der Waals surface area contributed by atoms with Crippen LogP contribution in [0.4, 0.5) is 0 Å². The Morgan fingerprint density at radius 1 is 1.44 bits per heavy atom. The number of carboxylic acid groups (broad SMARTS) is 1. The molecule has 0 aromatic carbocycles. The molecule has 1 N–H and O–H groups in total. The van der Waals surface area contributed by atoms with Crippen LogP contribution in [-0.4, -0.2) is 39.5 Å². The predicted molar refractivity (Wildman–Crippen MR) is 65.6 cm³/mol. The molecule has 0 unspecified atom stereocenters. The fourth-order valence-corrected chi connectivity index (χ4v) is 2.31. The maximum Gasteiger partial charge on any atom is 0.326 e. The van der Waals surface area contributed by atoms with Crippen molar-refractivity contribution in [2.45, 2.75) is 25.3 Å². The van der Waals surface area contributed by atoms with Gasteiger partial charge in [-0.1, -0.05) is 11.6 Å². The fraction of sp³-hybridized carbons (Fsp3) is 0.417. The van der Waals surface area contributed by atoms with Gasteiger partial charge in [0.15, 0.2) is 0 Å². The van der Waals surface area contributed by atoms with E-state index in [1.807, 2.05) is 0 Å². The van der Waals surface area contributed by atoms with Crippen LogP contribution >= 0.6 is 11.6 Å². The fourth-order valence-electron chi connectivity index (χ4n) is 2.13. The molecule has 1 amide bonds. The zero-order valence-corrected chi connectivity index (χ0v) is 10.4. The quantitative estimate of drug-likeness (QED) is 0.831. The first-order chi connectivity index (χ1) is 8.59. The van der Waals surface area contributed by atoms with E-state index in [9.17, 15) is 9.59 Å². The number of amides is 1. The Bertz CT molecular complexity index is 478. The predicted octanol–water partition coefficient (Wildman–Crippen LogP) is 1.81. The van der Waals surface area contributed by atoms with Crippen LogP contribution in [0.15, 0.2) is 18.3 Å². The number of pyridine rings is 1. The highest BCUT2D eigenvalue weighted by molar-refractivity contribution is 6.29. The van der Waals surface area contributed by atoms with Crippen LogP contribution in [0.1, 0.15) is 29.6 Å². The van der Waals surface area contributed by atoms with Crippen LogP contribution in [0.25, 0.3) is 0 Å². The van der Waals surface area contributed by atoms with Crippen molar-refractivity contribution in [3.8, 4) is 0 Å². The minimum Gasteiger partial charge on any atom is -0.480 e. The first-order valence-corrected chi connectivity index (χ1v) is 6.12. The van der Waals surface area contributed by atoms with Gasteiger partial charge in [0.1, 0.15) is 11.2 Å². The van der Waals surface area contributed by atoms with E-state index in [1.165, 1.54) is 17.2 Å². The van der Waals surface area contributed by atoms with Crippen molar-refractivity contribution in [1.29, 1.82) is 0 Å². The van der Waals surface area contributed by atoms with Gasteiger partial charge < -0.3 is 10.0 Å². The minimum atomic E-state index is -0.955. The number of aliphatic carboxylic acids is 1. The summed E-state index contributed by atoms with van der Waals surface area (Å²) < 4.78 is 0. The highest BCUT2D eigenvalue weighted by atomic mass is 35.5. The Hall–Kier alpha value is -1.62. The number of hydrogen-bond acceptors (Lipinski definition) is 3. The zero-order valence-electron chi connectivity index (χ0n) is 9.67. The Kier molecular flexibility index (Phi) is 3.81. The number of nitrogens with zero attached hydrogens (tertiary/aromatic N) is 2. The summed E-state index contributed by atoms with van der Waals surface area (Å²) in [4.78, 5) is 28.6. The lowest BCUT2D eigenvalue weighted by molar-refractivity contribution is -0.143. The average Bonchev–Trinajstić information content (AvgIpc) is 2.38. The van der Waals surface area contributed by atoms with Crippen molar-refractivity contribution in [2.24, 2.45) is 0 Å². The van der Waals surface area contributed by atoms with Crippen molar-refractivity contribution in [1.82, 2.24) is 9.88 Å². The lowest BCUT2D eigenvalue weighted by Gasteiger charge is -2.32. The van der Waals surface area contributed by atoms with Gasteiger partial charge in [-0.05, 0) is 31.4 Å². The van der Waals surface area contributed by atoms with Gasteiger partial charge in [0, 0.05) is 18.3 Å². The molecule has 6 heteroatoms. The smallest absolute Gasteiger partial charge is 0.326 e. The van der Waals surface area contributed by atoms with Gasteiger partial charge in [0.25, 0.3) is 5.91 Å². The number of carboxylic acids is 1. The Morgan fingerprint density at radius 3 is 2.89 bits per heavy atom. The summed E-state index contributed by atoms with van der Waals surface area (Å²) in [5.74, 6) is -1.25. The maximum atomic E-state index is 12.2. The van der Waals surface area contributed by atoms with E-state index in [2.05, 4.69) is 4.98 Å². The number of aromatic nitrogens is 1. The van der Waals surface area contributed by atoms with E-state index in [0.29, 0.717) is 18.5 Å². The maximum absolute atomic E-state index is 12.2. The van der Waals surface area contributed by atoms with Gasteiger partial charge in [-0.25, -0.2) is 9.78 Å². The standard InChI is InChI=1S/C12H13ClN2O3/c13-10-7-8(4-5-14-10)11(16)15-6-2-1-3-9(15)12(17)18/h4-5,7,9H,1-3,6H2,(H,17,18)/t9-/m1/s1. The molecule has 0 spiro atoms. The molecule has 1 aliphatic rings. The summed E-state index contributed by atoms with van der Waals surface area (Å²) in [6.45, 7) is 0.468. The Balaban J connectivity index is 2.23. The SMILES string of the molecule is O=C(O)[C@H]1CCCCN1C(=O)c1ccnc(Cl)c1. The molecule has 0 aliphatic carbocycles. The summed E-state index contributed by atoms with van der Waals surface area (Å²) in [5.41, 5.74) is 0.378. The van der Waals surface area contributed by atoms with Gasteiger partial charge in [-0.2, -0.15) is 0 Å². The Morgan fingerprint density at radius 2 is 2.22 bits per heavy atom. The van der Waals surface area contributed by atoms with Gasteiger partial charge >= 0.3 is 5.97 Å². The molecule has 0 saturated carbocycles. The molecule has 18 heavy (non-hydrogen) atoms. The molecule has 2 heterocycles. The third-order valence-electron chi connectivity index (χ3n) is 3.02. The van der Waals surface area contributed by atoms with Crippen LogP contribution in [0.3, 0.4) is 0 Å². The van der Waals surface area contributed by atoms with Crippen LogP contribution in [0, 0.1) is 0 Å². The summed E-state index contributed by atoms with van der Waals surface area (Å²) in [6.07, 6.45) is 3.60. The van der Waals surface area contributed by atoms with Gasteiger partial charge in [0.2, 0.25) is 0 Å². The molecule has 5 nitrogen and oxygen atoms in total. The molecule has 1 saturated heterocycles. The highest BCUT2D eigenvalue weighted by Gasteiger charge is 2.32. The van der Waals surface area contributed by atoms with Gasteiger partial charge in [-0.15, -0.1) is 0 Å². The molecule has 0 radical (unpaired) electrons. The second-order valence-corrected chi connectivity index (χ2v) is 4.60. The minimum absolute atomic E-state index is 0.227. The van der Waals surface area contributed by atoms with E-state index >= 15 is 0 Å². The van der Waals surface area contributed by atoms with E-state index in [4.69, 9.17) is 16.7 Å². The largest absolute Gasteiger partial charge is 0.480 e. The summed E-state index contributed by atoms with van der Waals surface area (Å²) >= 11 is 5.73. The molecule has 1 atom stereocenters. The summed E-state index contributed by atoms with van der Waals surface area (Å²) in [5, 5.41) is 9.35. The van der Waals surface area contributed by atoms with E-state index in [1.54, 1.807) is 6.07 Å². The lowest BCUT2D eigenvalue weighted by atomic mass is 10.0. The van der Waals surface area contributed by atoms with Crippen molar-refractivity contribution in [2.75, 3.05) is 6.54 Å². The van der Waals surface area contributed by atoms with Gasteiger partial charge in [0.05, 0.1) is 0 Å². The highest BCUT2D eigenvalue weighted by Crippen LogP contribution is 2.20. The van der Waals surface area contributed by atoms with Crippen molar-refractivity contribution in [3.63, 3.8) is 0 Å². The number of piperidine rings is 1. The summed E-state index contributed by atoms with van der Waals surface area (Å²) in [7, 11) is 0. The van der Waals surface area contributed by atoms with E-state index < -0.39 is 12.0 Å². The molecular formula is C12H13ClN2O3. The molecule has 1 fully saturated rings. The Labute approximate surface area is 109 Å². The van der Waals surface area contributed by atoms with E-state index in [-0.39, 0.29) is 11.1 Å². The summed E-state index contributed by atoms with van der Waals surface area (Å²) in [6, 6.07) is 2.26. The third-order valence-corrected chi connectivity index (χ3v) is 3.23. The first kappa shape index (κ1) is 12.8. The first-order valence-electron chi connectivity index (χ1n) is 5.75. The van der Waals surface area contributed by atoms with Crippen LogP contribution in [0.2, 0.25) is 5.15 Å². The molecular weight excluding hydrogens is 256 g/mol. The van der Waals surface area contributed by atoms with Gasteiger partial charge in [-0.3, -0.25) is 4.79 Å². The molecule has 0 bridgehead atoms. The van der Waals surface area contributed by atoms with Crippen LogP contribution < -0.4 is 0 Å². The normalized spacial score (nSPS) is 19.6. The van der Waals surface area contributed by atoms with Crippen LogP contribution in [0.5, 0.6) is 0 Å². The molecule has 2 rings (SSSR count). The number of likely N-dealkylation sites (tertiary alicyclic amines) is 1. The van der Waals surface area contributed by atoms with Crippen molar-refractivity contribution >= 4 is 23.5 Å². The van der Waals surface area contributed by atoms with E-state index in [0.717, 1.165) is 12.8 Å². The monoisotopic (exact) mass is 268 g/mol. The molecule has 96 valence electrons. The second-order valence-electron chi connectivity index (χ2n) is 4.22. The zero-order chi connectivity index (χ0) is 13.1. The number of hydrogen-bond donors (Lipinski definition) is 1. The number of carbonyl (C=O) groups is 2. The lowest BCUT2D eigenvalue weighted by Crippen LogP contribution is -2.47. The van der Waals surface area contributed by atoms with Crippen molar-refractivity contribution < 1.29 is 14.7 Å². The number of rotatable bonds is 2. The number of carbonyl (C=O) groups excluding carboxylic acids is 1. The van der Waals surface area contributed by atoms with Crippen molar-refractivity contribution in [3.05, 3.63) is 29.0 Å². The molecule has 1 aromatic rings. The van der Waals surface area contributed by atoms with Crippen LogP contribution in [-0.2, 0) is 4.79 Å². The topological polar surface area (TPSA) is 70.5 Å². The average molecular weight is 269 g/mol. The number of halogens is 1. The molecule has 1 aromatic heterocycles. The molecule has 1 aliphatic heterocycles. The second kappa shape index (κ2) is 5.35.